The molecule has 1 atom stereocenters. The molecule has 90 valence electrons. The number of rotatable bonds is 2. The van der Waals surface area contributed by atoms with Crippen molar-refractivity contribution in [3.63, 3.8) is 0 Å². The maximum atomic E-state index is 11.6. The Balaban J connectivity index is 2.76. The highest BCUT2D eigenvalue weighted by Gasteiger charge is 2.15. The SMILES string of the molecule is Cc1nc2nc(N)[nH]c(=O)c2nc1C(O)CO. The van der Waals surface area contributed by atoms with Gasteiger partial charge in [-0.3, -0.25) is 9.78 Å². The van der Waals surface area contributed by atoms with E-state index in [2.05, 4.69) is 19.9 Å². The highest BCUT2D eigenvalue weighted by Crippen LogP contribution is 2.15. The van der Waals surface area contributed by atoms with Crippen LogP contribution in [0.3, 0.4) is 0 Å². The minimum atomic E-state index is -1.18. The smallest absolute Gasteiger partial charge is 0.280 e. The van der Waals surface area contributed by atoms with Gasteiger partial charge in [-0.15, -0.1) is 0 Å². The van der Waals surface area contributed by atoms with Crippen LogP contribution < -0.4 is 11.3 Å². The number of aromatic nitrogens is 4. The quantitative estimate of drug-likeness (QED) is 0.505. The van der Waals surface area contributed by atoms with Crippen molar-refractivity contribution in [1.82, 2.24) is 19.9 Å². The van der Waals surface area contributed by atoms with Gasteiger partial charge in [-0.05, 0) is 6.92 Å². The monoisotopic (exact) mass is 237 g/mol. The van der Waals surface area contributed by atoms with E-state index in [0.29, 0.717) is 5.69 Å². The molecule has 0 amide bonds. The molecule has 0 aromatic carbocycles. The van der Waals surface area contributed by atoms with E-state index >= 15 is 0 Å². The lowest BCUT2D eigenvalue weighted by Gasteiger charge is -2.09. The number of fused-ring (bicyclic) bond motifs is 1. The molecule has 0 radical (unpaired) electrons. The first-order valence-corrected chi connectivity index (χ1v) is 4.86. The molecule has 8 nitrogen and oxygen atoms in total. The summed E-state index contributed by atoms with van der Waals surface area (Å²) in [5.41, 5.74) is 5.46. The third-order valence-electron chi connectivity index (χ3n) is 2.26. The largest absolute Gasteiger partial charge is 0.393 e. The molecule has 0 aliphatic rings. The van der Waals surface area contributed by atoms with E-state index in [0.717, 1.165) is 0 Å². The van der Waals surface area contributed by atoms with E-state index in [1.165, 1.54) is 0 Å². The molecule has 0 aliphatic carbocycles. The topological polar surface area (TPSA) is 138 Å². The molecule has 0 fully saturated rings. The first-order valence-electron chi connectivity index (χ1n) is 4.86. The average Bonchev–Trinajstić information content (AvgIpc) is 2.27. The molecule has 2 aromatic rings. The minimum absolute atomic E-state index is 0.0210. The molecule has 1 unspecified atom stereocenters. The van der Waals surface area contributed by atoms with Crippen molar-refractivity contribution < 1.29 is 10.2 Å². The molecule has 0 spiro atoms. The second-order valence-electron chi connectivity index (χ2n) is 3.52. The summed E-state index contributed by atoms with van der Waals surface area (Å²) in [5.74, 6) is -0.0494. The van der Waals surface area contributed by atoms with Crippen molar-refractivity contribution in [2.45, 2.75) is 13.0 Å². The Morgan fingerprint density at radius 3 is 2.76 bits per heavy atom. The Morgan fingerprint density at radius 1 is 1.41 bits per heavy atom. The fraction of sp³-hybridized carbons (Fsp3) is 0.333. The van der Waals surface area contributed by atoms with E-state index in [1.807, 2.05) is 0 Å². The molecule has 0 bridgehead atoms. The number of aliphatic hydroxyl groups excluding tert-OH is 2. The number of H-pyrrole nitrogens is 1. The third kappa shape index (κ3) is 1.95. The molecule has 17 heavy (non-hydrogen) atoms. The van der Waals surface area contributed by atoms with Gasteiger partial charge in [-0.1, -0.05) is 0 Å². The lowest BCUT2D eigenvalue weighted by molar-refractivity contribution is 0.0916. The predicted molar refractivity (Wildman–Crippen MR) is 59.1 cm³/mol. The van der Waals surface area contributed by atoms with E-state index in [9.17, 15) is 9.90 Å². The second-order valence-corrected chi connectivity index (χ2v) is 3.52. The Labute approximate surface area is 95.2 Å². The van der Waals surface area contributed by atoms with Crippen LogP contribution in [0.25, 0.3) is 11.2 Å². The van der Waals surface area contributed by atoms with Crippen molar-refractivity contribution in [2.75, 3.05) is 12.3 Å². The van der Waals surface area contributed by atoms with Gasteiger partial charge in [0.05, 0.1) is 18.0 Å². The molecular formula is C9H11N5O3. The average molecular weight is 237 g/mol. The fourth-order valence-electron chi connectivity index (χ4n) is 1.47. The molecular weight excluding hydrogens is 226 g/mol. The molecule has 5 N–H and O–H groups in total. The van der Waals surface area contributed by atoms with E-state index in [-0.39, 0.29) is 22.8 Å². The number of hydrogen-bond donors (Lipinski definition) is 4. The van der Waals surface area contributed by atoms with Crippen LogP contribution >= 0.6 is 0 Å². The second kappa shape index (κ2) is 4.07. The number of nitrogens with zero attached hydrogens (tertiary/aromatic N) is 3. The summed E-state index contributed by atoms with van der Waals surface area (Å²) < 4.78 is 0. The van der Waals surface area contributed by atoms with Gasteiger partial charge in [0.15, 0.2) is 11.2 Å². The number of aliphatic hydroxyl groups is 2. The number of nitrogens with one attached hydrogen (secondary N) is 1. The molecule has 0 saturated heterocycles. The fourth-order valence-corrected chi connectivity index (χ4v) is 1.47. The van der Waals surface area contributed by atoms with Crippen molar-refractivity contribution in [2.24, 2.45) is 0 Å². The van der Waals surface area contributed by atoms with Gasteiger partial charge in [0.25, 0.3) is 5.56 Å². The van der Waals surface area contributed by atoms with Crippen molar-refractivity contribution in [3.05, 3.63) is 21.7 Å². The normalized spacial score (nSPS) is 12.9. The van der Waals surface area contributed by atoms with Gasteiger partial charge in [0.2, 0.25) is 5.95 Å². The summed E-state index contributed by atoms with van der Waals surface area (Å²) in [4.78, 5) is 25.6. The van der Waals surface area contributed by atoms with E-state index < -0.39 is 18.3 Å². The van der Waals surface area contributed by atoms with Crippen molar-refractivity contribution in [3.8, 4) is 0 Å². The Bertz CT molecular complexity index is 624. The standard InChI is InChI=1S/C9H11N5O3/c1-3-5(4(16)2-15)12-6-7(11-3)13-9(10)14-8(6)17/h4,15-16H,2H2,1H3,(H3,10,11,13,14,17). The summed E-state index contributed by atoms with van der Waals surface area (Å²) in [5, 5.41) is 18.4. The van der Waals surface area contributed by atoms with Gasteiger partial charge in [0, 0.05) is 0 Å². The van der Waals surface area contributed by atoms with Crippen LogP contribution in [-0.2, 0) is 0 Å². The first kappa shape index (κ1) is 11.4. The van der Waals surface area contributed by atoms with Crippen molar-refractivity contribution >= 4 is 17.1 Å². The van der Waals surface area contributed by atoms with Gasteiger partial charge >= 0.3 is 0 Å². The van der Waals surface area contributed by atoms with Crippen LogP contribution in [0.5, 0.6) is 0 Å². The zero-order chi connectivity index (χ0) is 12.6. The Kier molecular flexibility index (Phi) is 2.74. The summed E-state index contributed by atoms with van der Waals surface area (Å²) in [6.07, 6.45) is -1.18. The minimum Gasteiger partial charge on any atom is -0.393 e. The molecule has 2 aromatic heterocycles. The maximum Gasteiger partial charge on any atom is 0.280 e. The van der Waals surface area contributed by atoms with Crippen LogP contribution in [0.2, 0.25) is 0 Å². The number of anilines is 1. The van der Waals surface area contributed by atoms with Gasteiger partial charge in [-0.25, -0.2) is 9.97 Å². The van der Waals surface area contributed by atoms with Gasteiger partial charge in [0.1, 0.15) is 6.10 Å². The summed E-state index contributed by atoms with van der Waals surface area (Å²) in [7, 11) is 0. The number of nitrogen functional groups attached to an aromatic ring is 1. The van der Waals surface area contributed by atoms with E-state index in [1.54, 1.807) is 6.92 Å². The third-order valence-corrected chi connectivity index (χ3v) is 2.26. The lowest BCUT2D eigenvalue weighted by atomic mass is 10.2. The summed E-state index contributed by atoms with van der Waals surface area (Å²) in [6, 6.07) is 0. The molecule has 8 heteroatoms. The molecule has 0 aliphatic heterocycles. The molecule has 2 rings (SSSR count). The van der Waals surface area contributed by atoms with Crippen LogP contribution in [0.15, 0.2) is 4.79 Å². The van der Waals surface area contributed by atoms with Gasteiger partial charge < -0.3 is 15.9 Å². The van der Waals surface area contributed by atoms with Crippen LogP contribution in [0, 0.1) is 6.92 Å². The maximum absolute atomic E-state index is 11.6. The van der Waals surface area contributed by atoms with Crippen LogP contribution in [0.4, 0.5) is 5.95 Å². The zero-order valence-electron chi connectivity index (χ0n) is 9.01. The first-order chi connectivity index (χ1) is 8.02. The summed E-state index contributed by atoms with van der Waals surface area (Å²) in [6.45, 7) is 1.10. The van der Waals surface area contributed by atoms with Gasteiger partial charge in [-0.2, -0.15) is 4.98 Å². The highest BCUT2D eigenvalue weighted by molar-refractivity contribution is 5.69. The zero-order valence-corrected chi connectivity index (χ0v) is 9.01. The molecule has 2 heterocycles. The Hall–Kier alpha value is -2.06. The Morgan fingerprint density at radius 2 is 2.12 bits per heavy atom. The number of nitrogens with two attached hydrogens (primary N) is 1. The van der Waals surface area contributed by atoms with Crippen molar-refractivity contribution in [1.29, 1.82) is 0 Å². The molecule has 0 saturated carbocycles. The lowest BCUT2D eigenvalue weighted by Crippen LogP contribution is -2.17. The van der Waals surface area contributed by atoms with Crippen LogP contribution in [0.1, 0.15) is 17.5 Å². The predicted octanol–water partition coefficient (Wildman–Crippen LogP) is -1.37. The number of aryl methyl sites for hydroxylation is 1. The number of hydrogen-bond acceptors (Lipinski definition) is 7. The summed E-state index contributed by atoms with van der Waals surface area (Å²) >= 11 is 0. The number of aromatic amines is 1. The van der Waals surface area contributed by atoms with E-state index in [4.69, 9.17) is 10.8 Å². The highest BCUT2D eigenvalue weighted by atomic mass is 16.3. The van der Waals surface area contributed by atoms with Crippen LogP contribution in [-0.4, -0.2) is 36.8 Å².